The number of urea groups is 1. The number of rotatable bonds is 5. The summed E-state index contributed by atoms with van der Waals surface area (Å²) < 4.78 is 1.55. The first kappa shape index (κ1) is 16.6. The number of likely N-dealkylation sites (N-methyl/N-ethyl adjacent to an activating group) is 1. The van der Waals surface area contributed by atoms with Gasteiger partial charge in [0.05, 0.1) is 17.3 Å². The van der Waals surface area contributed by atoms with E-state index in [-0.39, 0.29) is 19.2 Å². The molecule has 0 spiro atoms. The van der Waals surface area contributed by atoms with Crippen LogP contribution in [0, 0.1) is 0 Å². The molecule has 2 aromatic rings. The maximum atomic E-state index is 12.0. The van der Waals surface area contributed by atoms with Crippen LogP contribution in [-0.4, -0.2) is 45.5 Å². The van der Waals surface area contributed by atoms with E-state index in [1.165, 1.54) is 4.90 Å². The van der Waals surface area contributed by atoms with Gasteiger partial charge in [-0.3, -0.25) is 5.32 Å². The molecule has 8 heteroatoms. The number of anilines is 1. The fourth-order valence-electron chi connectivity index (χ4n) is 1.90. The van der Waals surface area contributed by atoms with Gasteiger partial charge in [-0.25, -0.2) is 9.48 Å². The summed E-state index contributed by atoms with van der Waals surface area (Å²) in [5.41, 5.74) is 0.661. The first-order valence-corrected chi connectivity index (χ1v) is 7.48. The van der Waals surface area contributed by atoms with Crippen LogP contribution in [0.4, 0.5) is 10.6 Å². The van der Waals surface area contributed by atoms with E-state index in [0.29, 0.717) is 28.1 Å². The Morgan fingerprint density at radius 3 is 2.82 bits per heavy atom. The lowest BCUT2D eigenvalue weighted by Gasteiger charge is -2.19. The van der Waals surface area contributed by atoms with E-state index in [0.717, 1.165) is 0 Å². The number of nitrogens with one attached hydrogen (secondary N) is 1. The molecular formula is C14H16Cl2N4O2. The predicted molar refractivity (Wildman–Crippen MR) is 86.9 cm³/mol. The molecule has 2 amide bonds. The third-order valence-corrected chi connectivity index (χ3v) is 3.56. The van der Waals surface area contributed by atoms with Crippen molar-refractivity contribution in [3.8, 4) is 5.69 Å². The van der Waals surface area contributed by atoms with Crippen LogP contribution in [0.5, 0.6) is 0 Å². The molecule has 0 saturated carbocycles. The predicted octanol–water partition coefficient (Wildman–Crippen LogP) is 3.03. The summed E-state index contributed by atoms with van der Waals surface area (Å²) in [5, 5.41) is 16.9. The van der Waals surface area contributed by atoms with Crippen LogP contribution in [0.3, 0.4) is 0 Å². The Hall–Kier alpha value is -1.76. The third-order valence-electron chi connectivity index (χ3n) is 3.02. The summed E-state index contributed by atoms with van der Waals surface area (Å²) >= 11 is 12.0. The van der Waals surface area contributed by atoms with Crippen molar-refractivity contribution >= 4 is 35.1 Å². The Kier molecular flexibility index (Phi) is 5.65. The van der Waals surface area contributed by atoms with Crippen molar-refractivity contribution in [1.82, 2.24) is 14.7 Å². The number of hydrogen-bond donors (Lipinski definition) is 2. The minimum atomic E-state index is -0.316. The molecule has 0 bridgehead atoms. The van der Waals surface area contributed by atoms with Crippen molar-refractivity contribution in [2.24, 2.45) is 0 Å². The number of aliphatic hydroxyl groups is 1. The van der Waals surface area contributed by atoms with Gasteiger partial charge in [-0.2, -0.15) is 0 Å². The molecule has 2 rings (SSSR count). The number of carbonyl (C=O) groups is 1. The number of aliphatic hydroxyl groups excluding tert-OH is 1. The maximum absolute atomic E-state index is 12.0. The number of halogens is 2. The normalized spacial score (nSPS) is 10.5. The molecule has 1 aromatic heterocycles. The summed E-state index contributed by atoms with van der Waals surface area (Å²) in [7, 11) is 0. The number of hydrogen-bond acceptors (Lipinski definition) is 3. The van der Waals surface area contributed by atoms with Gasteiger partial charge in [0.15, 0.2) is 5.82 Å². The van der Waals surface area contributed by atoms with Crippen LogP contribution in [0.1, 0.15) is 6.92 Å². The van der Waals surface area contributed by atoms with E-state index in [4.69, 9.17) is 28.3 Å². The molecule has 0 aliphatic carbocycles. The Labute approximate surface area is 138 Å². The van der Waals surface area contributed by atoms with E-state index < -0.39 is 0 Å². The van der Waals surface area contributed by atoms with Gasteiger partial charge in [-0.15, -0.1) is 5.10 Å². The zero-order chi connectivity index (χ0) is 16.1. The van der Waals surface area contributed by atoms with Crippen LogP contribution in [0.2, 0.25) is 10.0 Å². The van der Waals surface area contributed by atoms with Gasteiger partial charge >= 0.3 is 6.03 Å². The first-order valence-electron chi connectivity index (χ1n) is 6.73. The molecule has 1 aromatic carbocycles. The highest BCUT2D eigenvalue weighted by Gasteiger charge is 2.13. The van der Waals surface area contributed by atoms with Crippen molar-refractivity contribution < 1.29 is 9.90 Å². The minimum absolute atomic E-state index is 0.0872. The molecule has 0 saturated heterocycles. The summed E-state index contributed by atoms with van der Waals surface area (Å²) in [4.78, 5) is 13.5. The lowest BCUT2D eigenvalue weighted by molar-refractivity contribution is 0.192. The monoisotopic (exact) mass is 342 g/mol. The Morgan fingerprint density at radius 1 is 1.41 bits per heavy atom. The number of benzene rings is 1. The summed E-state index contributed by atoms with van der Waals surface area (Å²) in [6.07, 6.45) is 1.69. The molecule has 1 heterocycles. The van der Waals surface area contributed by atoms with Crippen molar-refractivity contribution in [2.45, 2.75) is 6.92 Å². The van der Waals surface area contributed by atoms with Crippen molar-refractivity contribution in [3.05, 3.63) is 40.5 Å². The fourth-order valence-corrected chi connectivity index (χ4v) is 2.40. The second kappa shape index (κ2) is 7.49. The van der Waals surface area contributed by atoms with Crippen molar-refractivity contribution in [1.29, 1.82) is 0 Å². The Morgan fingerprint density at radius 2 is 2.18 bits per heavy atom. The molecule has 0 aliphatic rings. The molecule has 118 valence electrons. The summed E-state index contributed by atoms with van der Waals surface area (Å²) in [6, 6.07) is 6.42. The fraction of sp³-hybridized carbons (Fsp3) is 0.286. The SMILES string of the molecule is CCN(CCO)C(=O)Nc1ccn(-c2ccc(Cl)cc2Cl)n1. The average Bonchev–Trinajstić information content (AvgIpc) is 2.92. The van der Waals surface area contributed by atoms with Crippen LogP contribution < -0.4 is 5.32 Å². The van der Waals surface area contributed by atoms with Crippen LogP contribution in [0.15, 0.2) is 30.5 Å². The Balaban J connectivity index is 2.13. The zero-order valence-corrected chi connectivity index (χ0v) is 13.5. The number of amides is 2. The second-order valence-electron chi connectivity index (χ2n) is 4.47. The van der Waals surface area contributed by atoms with E-state index in [9.17, 15) is 4.79 Å². The van der Waals surface area contributed by atoms with Crippen LogP contribution in [0.25, 0.3) is 5.69 Å². The van der Waals surface area contributed by atoms with Gasteiger partial charge < -0.3 is 10.0 Å². The molecule has 2 N–H and O–H groups in total. The van der Waals surface area contributed by atoms with Gasteiger partial charge in [0.2, 0.25) is 0 Å². The molecule has 6 nitrogen and oxygen atoms in total. The van der Waals surface area contributed by atoms with Crippen LogP contribution >= 0.6 is 23.2 Å². The number of nitrogens with zero attached hydrogens (tertiary/aromatic N) is 3. The van der Waals surface area contributed by atoms with Crippen LogP contribution in [-0.2, 0) is 0 Å². The maximum Gasteiger partial charge on any atom is 0.323 e. The summed E-state index contributed by atoms with van der Waals surface area (Å²) in [6.45, 7) is 2.51. The van der Waals surface area contributed by atoms with Crippen molar-refractivity contribution in [3.63, 3.8) is 0 Å². The standard InChI is InChI=1S/C14H16Cl2N4O2/c1-2-19(7-8-21)14(22)17-13-5-6-20(18-13)12-4-3-10(15)9-11(12)16/h3-6,9,21H,2,7-8H2,1H3,(H,17,18,22). The highest BCUT2D eigenvalue weighted by Crippen LogP contribution is 2.24. The highest BCUT2D eigenvalue weighted by atomic mass is 35.5. The molecule has 0 unspecified atom stereocenters. The largest absolute Gasteiger partial charge is 0.395 e. The number of carbonyl (C=O) groups excluding carboxylic acids is 1. The van der Waals surface area contributed by atoms with E-state index in [2.05, 4.69) is 10.4 Å². The molecule has 0 atom stereocenters. The number of aromatic nitrogens is 2. The van der Waals surface area contributed by atoms with Gasteiger partial charge in [0.25, 0.3) is 0 Å². The van der Waals surface area contributed by atoms with Gasteiger partial charge in [-0.1, -0.05) is 23.2 Å². The minimum Gasteiger partial charge on any atom is -0.395 e. The molecule has 0 aliphatic heterocycles. The lowest BCUT2D eigenvalue weighted by atomic mass is 10.3. The average molecular weight is 343 g/mol. The Bertz CT molecular complexity index is 660. The van der Waals surface area contributed by atoms with E-state index >= 15 is 0 Å². The van der Waals surface area contributed by atoms with Crippen molar-refractivity contribution in [2.75, 3.05) is 25.0 Å². The smallest absolute Gasteiger partial charge is 0.323 e. The first-order chi connectivity index (χ1) is 10.5. The quantitative estimate of drug-likeness (QED) is 0.877. The van der Waals surface area contributed by atoms with Gasteiger partial charge in [0, 0.05) is 30.4 Å². The topological polar surface area (TPSA) is 70.4 Å². The van der Waals surface area contributed by atoms with Gasteiger partial charge in [-0.05, 0) is 25.1 Å². The van der Waals surface area contributed by atoms with E-state index in [1.54, 1.807) is 35.1 Å². The highest BCUT2D eigenvalue weighted by molar-refractivity contribution is 6.35. The lowest BCUT2D eigenvalue weighted by Crippen LogP contribution is -2.36. The molecule has 22 heavy (non-hydrogen) atoms. The molecule has 0 radical (unpaired) electrons. The summed E-state index contributed by atoms with van der Waals surface area (Å²) in [5.74, 6) is 0.396. The second-order valence-corrected chi connectivity index (χ2v) is 5.32. The molecule has 0 fully saturated rings. The molecular weight excluding hydrogens is 327 g/mol. The van der Waals surface area contributed by atoms with E-state index in [1.807, 2.05) is 6.92 Å². The third kappa shape index (κ3) is 3.91. The van der Waals surface area contributed by atoms with Gasteiger partial charge in [0.1, 0.15) is 0 Å². The zero-order valence-electron chi connectivity index (χ0n) is 12.0.